The Bertz CT molecular complexity index is 689. The molecule has 1 heterocycles. The topological polar surface area (TPSA) is 71.2 Å². The van der Waals surface area contributed by atoms with E-state index >= 15 is 0 Å². The van der Waals surface area contributed by atoms with E-state index in [1.54, 1.807) is 13.8 Å². The van der Waals surface area contributed by atoms with Crippen molar-refractivity contribution in [3.05, 3.63) is 58.4 Å². The zero-order chi connectivity index (χ0) is 16.3. The molecule has 5 heteroatoms. The second kappa shape index (κ2) is 6.47. The molecule has 1 aromatic carbocycles. The van der Waals surface area contributed by atoms with Gasteiger partial charge in [0.25, 0.3) is 5.91 Å². The first-order valence-corrected chi connectivity index (χ1v) is 7.09. The Kier molecular flexibility index (Phi) is 4.65. The van der Waals surface area contributed by atoms with Crippen molar-refractivity contribution in [2.24, 2.45) is 0 Å². The van der Waals surface area contributed by atoms with Crippen LogP contribution in [0.15, 0.2) is 30.3 Å². The molecular formula is C17H20N2O3. The number of rotatable bonds is 4. The first kappa shape index (κ1) is 15.8. The number of aromatic amines is 1. The van der Waals surface area contributed by atoms with Crippen molar-refractivity contribution in [3.63, 3.8) is 0 Å². The molecule has 1 amide bonds. The molecule has 0 aliphatic heterocycles. The summed E-state index contributed by atoms with van der Waals surface area (Å²) in [5.74, 6) is -0.687. The van der Waals surface area contributed by atoms with Crippen LogP contribution in [0.3, 0.4) is 0 Å². The van der Waals surface area contributed by atoms with Gasteiger partial charge >= 0.3 is 5.97 Å². The van der Waals surface area contributed by atoms with E-state index in [2.05, 4.69) is 10.3 Å². The number of hydrogen-bond acceptors (Lipinski definition) is 3. The van der Waals surface area contributed by atoms with E-state index in [0.29, 0.717) is 22.5 Å². The van der Waals surface area contributed by atoms with E-state index in [-0.39, 0.29) is 11.9 Å². The summed E-state index contributed by atoms with van der Waals surface area (Å²) in [7, 11) is 1.32. The molecule has 0 spiro atoms. The van der Waals surface area contributed by atoms with Gasteiger partial charge in [0.15, 0.2) is 0 Å². The molecule has 0 aliphatic rings. The lowest BCUT2D eigenvalue weighted by molar-refractivity contribution is 0.0599. The van der Waals surface area contributed by atoms with Crippen LogP contribution in [0.4, 0.5) is 0 Å². The van der Waals surface area contributed by atoms with Gasteiger partial charge in [0.1, 0.15) is 5.69 Å². The van der Waals surface area contributed by atoms with Crippen molar-refractivity contribution in [2.75, 3.05) is 7.11 Å². The highest BCUT2D eigenvalue weighted by Crippen LogP contribution is 2.20. The van der Waals surface area contributed by atoms with Gasteiger partial charge in [-0.15, -0.1) is 0 Å². The quantitative estimate of drug-likeness (QED) is 0.853. The average Bonchev–Trinajstić information content (AvgIpc) is 2.82. The SMILES string of the molecule is COC(=O)c1c(C)[nH]c(C(=O)N[C@H](C)c2ccccc2)c1C. The third-order valence-electron chi connectivity index (χ3n) is 3.70. The standard InChI is InChI=1S/C17H20N2O3/c1-10-14(17(21)22-4)12(3)18-15(10)16(20)19-11(2)13-8-6-5-7-9-13/h5-9,11,18H,1-4H3,(H,19,20)/t11-/m1/s1. The van der Waals surface area contributed by atoms with Gasteiger partial charge in [-0.3, -0.25) is 4.79 Å². The van der Waals surface area contributed by atoms with Crippen LogP contribution in [0.5, 0.6) is 0 Å². The predicted octanol–water partition coefficient (Wildman–Crippen LogP) is 2.91. The molecule has 2 N–H and O–H groups in total. The van der Waals surface area contributed by atoms with Crippen molar-refractivity contribution in [1.29, 1.82) is 0 Å². The predicted molar refractivity (Wildman–Crippen MR) is 83.9 cm³/mol. The first-order chi connectivity index (χ1) is 10.5. The Balaban J connectivity index is 2.22. The largest absolute Gasteiger partial charge is 0.465 e. The van der Waals surface area contributed by atoms with Crippen LogP contribution in [0.25, 0.3) is 0 Å². The summed E-state index contributed by atoms with van der Waals surface area (Å²) in [6.45, 7) is 5.40. The number of H-pyrrole nitrogens is 1. The molecule has 22 heavy (non-hydrogen) atoms. The third kappa shape index (κ3) is 3.03. The molecule has 5 nitrogen and oxygen atoms in total. The van der Waals surface area contributed by atoms with Crippen LogP contribution in [-0.2, 0) is 4.74 Å². The van der Waals surface area contributed by atoms with Crippen molar-refractivity contribution in [3.8, 4) is 0 Å². The average molecular weight is 300 g/mol. The molecule has 0 fully saturated rings. The zero-order valence-electron chi connectivity index (χ0n) is 13.2. The molecule has 1 aromatic heterocycles. The lowest BCUT2D eigenvalue weighted by atomic mass is 10.1. The number of hydrogen-bond donors (Lipinski definition) is 2. The van der Waals surface area contributed by atoms with Crippen LogP contribution in [-0.4, -0.2) is 24.0 Å². The maximum Gasteiger partial charge on any atom is 0.339 e. The number of carbonyl (C=O) groups is 2. The van der Waals surface area contributed by atoms with E-state index in [1.165, 1.54) is 7.11 Å². The number of esters is 1. The van der Waals surface area contributed by atoms with Crippen LogP contribution >= 0.6 is 0 Å². The highest BCUT2D eigenvalue weighted by atomic mass is 16.5. The molecular weight excluding hydrogens is 280 g/mol. The Hall–Kier alpha value is -2.56. The summed E-state index contributed by atoms with van der Waals surface area (Å²) in [6.07, 6.45) is 0. The zero-order valence-corrected chi connectivity index (χ0v) is 13.2. The van der Waals surface area contributed by atoms with Crippen LogP contribution < -0.4 is 5.32 Å². The number of ether oxygens (including phenoxy) is 1. The molecule has 116 valence electrons. The number of nitrogens with one attached hydrogen (secondary N) is 2. The monoisotopic (exact) mass is 300 g/mol. The minimum atomic E-state index is -0.443. The second-order valence-corrected chi connectivity index (χ2v) is 5.22. The van der Waals surface area contributed by atoms with Crippen molar-refractivity contribution in [1.82, 2.24) is 10.3 Å². The molecule has 0 radical (unpaired) electrons. The van der Waals surface area contributed by atoms with E-state index in [0.717, 1.165) is 5.56 Å². The summed E-state index contributed by atoms with van der Waals surface area (Å²) in [6, 6.07) is 9.57. The fourth-order valence-electron chi connectivity index (χ4n) is 2.48. The maximum absolute atomic E-state index is 12.4. The maximum atomic E-state index is 12.4. The molecule has 2 aromatic rings. The summed E-state index contributed by atoms with van der Waals surface area (Å²) < 4.78 is 4.75. The van der Waals surface area contributed by atoms with E-state index in [1.807, 2.05) is 37.3 Å². The van der Waals surface area contributed by atoms with Crippen LogP contribution in [0.1, 0.15) is 50.6 Å². The van der Waals surface area contributed by atoms with Gasteiger partial charge in [0.05, 0.1) is 18.7 Å². The Morgan fingerprint density at radius 1 is 1.18 bits per heavy atom. The molecule has 0 unspecified atom stereocenters. The highest BCUT2D eigenvalue weighted by Gasteiger charge is 2.23. The molecule has 0 bridgehead atoms. The van der Waals surface area contributed by atoms with Gasteiger partial charge < -0.3 is 15.0 Å². The normalized spacial score (nSPS) is 11.8. The number of aryl methyl sites for hydroxylation is 1. The van der Waals surface area contributed by atoms with Crippen LogP contribution in [0, 0.1) is 13.8 Å². The first-order valence-electron chi connectivity index (χ1n) is 7.09. The van der Waals surface area contributed by atoms with Crippen molar-refractivity contribution >= 4 is 11.9 Å². The van der Waals surface area contributed by atoms with Crippen molar-refractivity contribution in [2.45, 2.75) is 26.8 Å². The lowest BCUT2D eigenvalue weighted by Gasteiger charge is -2.14. The van der Waals surface area contributed by atoms with Gasteiger partial charge in [-0.1, -0.05) is 30.3 Å². The minimum absolute atomic E-state index is 0.127. The van der Waals surface area contributed by atoms with Gasteiger partial charge in [-0.2, -0.15) is 0 Å². The number of benzene rings is 1. The number of aromatic nitrogens is 1. The smallest absolute Gasteiger partial charge is 0.339 e. The summed E-state index contributed by atoms with van der Waals surface area (Å²) in [4.78, 5) is 27.2. The molecule has 2 rings (SSSR count). The fraction of sp³-hybridized carbons (Fsp3) is 0.294. The van der Waals surface area contributed by atoms with Gasteiger partial charge in [0, 0.05) is 5.69 Å². The van der Waals surface area contributed by atoms with E-state index in [4.69, 9.17) is 4.74 Å². The number of amides is 1. The van der Waals surface area contributed by atoms with Crippen molar-refractivity contribution < 1.29 is 14.3 Å². The van der Waals surface area contributed by atoms with E-state index in [9.17, 15) is 9.59 Å². The molecule has 0 saturated heterocycles. The van der Waals surface area contributed by atoms with Gasteiger partial charge in [-0.25, -0.2) is 4.79 Å². The summed E-state index contributed by atoms with van der Waals surface area (Å²) >= 11 is 0. The van der Waals surface area contributed by atoms with Crippen LogP contribution in [0.2, 0.25) is 0 Å². The Morgan fingerprint density at radius 2 is 1.82 bits per heavy atom. The summed E-state index contributed by atoms with van der Waals surface area (Å²) in [5.41, 5.74) is 3.05. The molecule has 0 aliphatic carbocycles. The molecule has 0 saturated carbocycles. The second-order valence-electron chi connectivity index (χ2n) is 5.22. The Labute approximate surface area is 129 Å². The fourth-order valence-corrected chi connectivity index (χ4v) is 2.48. The minimum Gasteiger partial charge on any atom is -0.465 e. The Morgan fingerprint density at radius 3 is 2.41 bits per heavy atom. The van der Waals surface area contributed by atoms with Gasteiger partial charge in [-0.05, 0) is 31.9 Å². The third-order valence-corrected chi connectivity index (χ3v) is 3.70. The number of carbonyl (C=O) groups excluding carboxylic acids is 2. The lowest BCUT2D eigenvalue weighted by Crippen LogP contribution is -2.27. The van der Waals surface area contributed by atoms with E-state index < -0.39 is 5.97 Å². The summed E-state index contributed by atoms with van der Waals surface area (Å²) in [5, 5.41) is 2.93. The van der Waals surface area contributed by atoms with Gasteiger partial charge in [0.2, 0.25) is 0 Å². The highest BCUT2D eigenvalue weighted by molar-refractivity contribution is 6.00. The number of methoxy groups -OCH3 is 1. The molecule has 1 atom stereocenters.